The summed E-state index contributed by atoms with van der Waals surface area (Å²) in [5.41, 5.74) is 6.78. The summed E-state index contributed by atoms with van der Waals surface area (Å²) in [6.45, 7) is 8.07. The first-order valence-corrected chi connectivity index (χ1v) is 5.97. The molecule has 1 nitrogen and oxygen atoms in total. The zero-order chi connectivity index (χ0) is 12.6. The summed E-state index contributed by atoms with van der Waals surface area (Å²) >= 11 is 0. The number of carbonyl (C=O) groups is 1. The first-order chi connectivity index (χ1) is 7.97. The van der Waals surface area contributed by atoms with Crippen LogP contribution in [-0.2, 0) is 4.79 Å². The van der Waals surface area contributed by atoms with Crippen LogP contribution in [0.1, 0.15) is 34.1 Å². The van der Waals surface area contributed by atoms with Gasteiger partial charge in [0, 0.05) is 0 Å². The molecule has 2 rings (SSSR count). The SMILES string of the molecule is CC1=CC(=C2C=C(C)C(=O)C(C)=C2)C=C(C)C1. The van der Waals surface area contributed by atoms with E-state index >= 15 is 0 Å². The van der Waals surface area contributed by atoms with E-state index in [4.69, 9.17) is 0 Å². The minimum absolute atomic E-state index is 0.159. The molecule has 2 aliphatic rings. The molecule has 0 atom stereocenters. The van der Waals surface area contributed by atoms with Crippen LogP contribution in [0.25, 0.3) is 0 Å². The maximum atomic E-state index is 11.7. The molecular formula is C16H18O. The van der Waals surface area contributed by atoms with Gasteiger partial charge in [0.2, 0.25) is 0 Å². The van der Waals surface area contributed by atoms with Gasteiger partial charge < -0.3 is 0 Å². The van der Waals surface area contributed by atoms with Crippen molar-refractivity contribution in [2.24, 2.45) is 0 Å². The summed E-state index contributed by atoms with van der Waals surface area (Å²) in [5, 5.41) is 0. The second-order valence-corrected chi connectivity index (χ2v) is 5.05. The van der Waals surface area contributed by atoms with Gasteiger partial charge in [-0.25, -0.2) is 0 Å². The summed E-state index contributed by atoms with van der Waals surface area (Å²) in [6.07, 6.45) is 9.46. The minimum Gasteiger partial charge on any atom is -0.289 e. The van der Waals surface area contributed by atoms with E-state index in [1.54, 1.807) is 0 Å². The molecule has 0 saturated carbocycles. The minimum atomic E-state index is 0.159. The molecule has 0 aliphatic heterocycles. The van der Waals surface area contributed by atoms with Gasteiger partial charge >= 0.3 is 0 Å². The van der Waals surface area contributed by atoms with E-state index in [9.17, 15) is 4.79 Å². The van der Waals surface area contributed by atoms with Gasteiger partial charge in [0.05, 0.1) is 0 Å². The van der Waals surface area contributed by atoms with Crippen LogP contribution < -0.4 is 0 Å². The monoisotopic (exact) mass is 226 g/mol. The highest BCUT2D eigenvalue weighted by Crippen LogP contribution is 2.28. The molecule has 1 heteroatoms. The van der Waals surface area contributed by atoms with Gasteiger partial charge in [-0.15, -0.1) is 0 Å². The smallest absolute Gasteiger partial charge is 0.184 e. The van der Waals surface area contributed by atoms with Gasteiger partial charge in [-0.05, 0) is 68.6 Å². The van der Waals surface area contributed by atoms with Crippen molar-refractivity contribution in [3.63, 3.8) is 0 Å². The average Bonchev–Trinajstić information content (AvgIpc) is 2.23. The molecule has 0 unspecified atom stereocenters. The van der Waals surface area contributed by atoms with Crippen molar-refractivity contribution in [2.45, 2.75) is 34.1 Å². The van der Waals surface area contributed by atoms with E-state index in [-0.39, 0.29) is 5.78 Å². The van der Waals surface area contributed by atoms with Crippen molar-refractivity contribution in [3.05, 3.63) is 57.7 Å². The molecule has 0 aromatic carbocycles. The zero-order valence-electron chi connectivity index (χ0n) is 10.9. The van der Waals surface area contributed by atoms with Crippen LogP contribution in [0.4, 0.5) is 0 Å². The number of Topliss-reactive ketones (excluding diaryl/α,β-unsaturated/α-hetero) is 1. The normalized spacial score (nSPS) is 20.8. The molecule has 2 aliphatic carbocycles. The van der Waals surface area contributed by atoms with Crippen molar-refractivity contribution in [1.82, 2.24) is 0 Å². The Morgan fingerprint density at radius 2 is 1.18 bits per heavy atom. The first kappa shape index (κ1) is 11.8. The Kier molecular flexibility index (Phi) is 3.01. The summed E-state index contributed by atoms with van der Waals surface area (Å²) in [5.74, 6) is 0.159. The average molecular weight is 226 g/mol. The van der Waals surface area contributed by atoms with Crippen molar-refractivity contribution in [1.29, 1.82) is 0 Å². The molecule has 88 valence electrons. The predicted octanol–water partition coefficient (Wildman–Crippen LogP) is 4.05. The summed E-state index contributed by atoms with van der Waals surface area (Å²) in [7, 11) is 0. The number of hydrogen-bond donors (Lipinski definition) is 0. The molecule has 0 fully saturated rings. The fourth-order valence-corrected chi connectivity index (χ4v) is 2.40. The highest BCUT2D eigenvalue weighted by Gasteiger charge is 2.15. The number of carbonyl (C=O) groups excluding carboxylic acids is 1. The van der Waals surface area contributed by atoms with Crippen LogP contribution in [0, 0.1) is 0 Å². The van der Waals surface area contributed by atoms with Crippen LogP contribution in [-0.4, -0.2) is 5.78 Å². The second kappa shape index (κ2) is 4.33. The van der Waals surface area contributed by atoms with Crippen LogP contribution in [0.2, 0.25) is 0 Å². The molecule has 0 bridgehead atoms. The van der Waals surface area contributed by atoms with Gasteiger partial charge in [0.15, 0.2) is 5.78 Å². The summed E-state index contributed by atoms with van der Waals surface area (Å²) < 4.78 is 0. The van der Waals surface area contributed by atoms with Crippen molar-refractivity contribution >= 4 is 5.78 Å². The van der Waals surface area contributed by atoms with Crippen LogP contribution in [0.15, 0.2) is 57.7 Å². The Morgan fingerprint density at radius 1 is 0.765 bits per heavy atom. The molecule has 0 amide bonds. The molecular weight excluding hydrogens is 208 g/mol. The fourth-order valence-electron chi connectivity index (χ4n) is 2.40. The van der Waals surface area contributed by atoms with Crippen molar-refractivity contribution in [2.75, 3.05) is 0 Å². The molecule has 0 radical (unpaired) electrons. The summed E-state index contributed by atoms with van der Waals surface area (Å²) in [6, 6.07) is 0. The standard InChI is InChI=1S/C16H18O/c1-10-5-11(2)7-14(6-10)15-8-12(3)16(17)13(4)9-15/h6-9H,5H2,1-4H3. The van der Waals surface area contributed by atoms with Crippen LogP contribution in [0.5, 0.6) is 0 Å². The van der Waals surface area contributed by atoms with E-state index in [1.807, 2.05) is 26.0 Å². The molecule has 17 heavy (non-hydrogen) atoms. The highest BCUT2D eigenvalue weighted by molar-refractivity contribution is 6.09. The Bertz CT molecular complexity index is 490. The topological polar surface area (TPSA) is 17.1 Å². The Morgan fingerprint density at radius 3 is 1.65 bits per heavy atom. The van der Waals surface area contributed by atoms with E-state index in [0.29, 0.717) is 0 Å². The number of allylic oxidation sites excluding steroid dienone is 10. The maximum Gasteiger partial charge on any atom is 0.184 e. The molecule has 0 saturated heterocycles. The lowest BCUT2D eigenvalue weighted by atomic mass is 9.89. The largest absolute Gasteiger partial charge is 0.289 e. The molecule has 0 aromatic heterocycles. The van der Waals surface area contributed by atoms with Gasteiger partial charge in [0.1, 0.15) is 0 Å². The van der Waals surface area contributed by atoms with E-state index in [2.05, 4.69) is 26.0 Å². The number of ketones is 1. The summed E-state index contributed by atoms with van der Waals surface area (Å²) in [4.78, 5) is 11.7. The molecule has 0 spiro atoms. The lowest BCUT2D eigenvalue weighted by Gasteiger charge is -2.16. The highest BCUT2D eigenvalue weighted by atomic mass is 16.1. The van der Waals surface area contributed by atoms with Gasteiger partial charge in [0.25, 0.3) is 0 Å². The third-order valence-corrected chi connectivity index (χ3v) is 3.16. The number of rotatable bonds is 0. The Hall–Kier alpha value is -1.63. The fraction of sp³-hybridized carbons (Fsp3) is 0.312. The van der Waals surface area contributed by atoms with Gasteiger partial charge in [-0.3, -0.25) is 4.79 Å². The van der Waals surface area contributed by atoms with Gasteiger partial charge in [-0.2, -0.15) is 0 Å². The zero-order valence-corrected chi connectivity index (χ0v) is 10.9. The quantitative estimate of drug-likeness (QED) is 0.609. The molecule has 0 N–H and O–H groups in total. The maximum absolute atomic E-state index is 11.7. The van der Waals surface area contributed by atoms with Crippen molar-refractivity contribution < 1.29 is 4.79 Å². The lowest BCUT2D eigenvalue weighted by molar-refractivity contribution is -0.112. The Labute approximate surface area is 103 Å². The third kappa shape index (κ3) is 2.38. The van der Waals surface area contributed by atoms with Crippen LogP contribution in [0.3, 0.4) is 0 Å². The second-order valence-electron chi connectivity index (χ2n) is 5.05. The Balaban J connectivity index is 2.53. The van der Waals surface area contributed by atoms with Crippen molar-refractivity contribution in [3.8, 4) is 0 Å². The van der Waals surface area contributed by atoms with Gasteiger partial charge in [-0.1, -0.05) is 23.3 Å². The molecule has 0 heterocycles. The lowest BCUT2D eigenvalue weighted by Crippen LogP contribution is -2.07. The third-order valence-electron chi connectivity index (χ3n) is 3.16. The first-order valence-electron chi connectivity index (χ1n) is 5.97. The predicted molar refractivity (Wildman–Crippen MR) is 71.7 cm³/mol. The number of hydrogen-bond acceptors (Lipinski definition) is 1. The van der Waals surface area contributed by atoms with Crippen LogP contribution >= 0.6 is 0 Å². The van der Waals surface area contributed by atoms with E-state index < -0.39 is 0 Å². The van der Waals surface area contributed by atoms with E-state index in [0.717, 1.165) is 23.1 Å². The molecule has 0 aromatic rings. The van der Waals surface area contributed by atoms with E-state index in [1.165, 1.54) is 16.7 Å².